The molecule has 5 heteroatoms. The first-order chi connectivity index (χ1) is 13.7. The van der Waals surface area contributed by atoms with E-state index in [4.69, 9.17) is 16.3 Å². The van der Waals surface area contributed by atoms with E-state index in [0.717, 1.165) is 29.4 Å². The normalized spacial score (nSPS) is 16.2. The second-order valence-corrected chi connectivity index (χ2v) is 7.56. The molecule has 1 heterocycles. The number of hydrogen-bond acceptors (Lipinski definition) is 3. The number of halogens is 1. The van der Waals surface area contributed by atoms with Crippen molar-refractivity contribution >= 4 is 17.5 Å². The van der Waals surface area contributed by atoms with Crippen LogP contribution in [-0.4, -0.2) is 37.0 Å². The fourth-order valence-corrected chi connectivity index (χ4v) is 4.01. The van der Waals surface area contributed by atoms with E-state index in [1.54, 1.807) is 12.1 Å². The average molecular weight is 401 g/mol. The number of nitrogens with zero attached hydrogens (tertiary/aromatic N) is 1. The Morgan fingerprint density at radius 1 is 1.07 bits per heavy atom. The molecule has 150 valence electrons. The van der Waals surface area contributed by atoms with Gasteiger partial charge in [0.15, 0.2) is 0 Å². The summed E-state index contributed by atoms with van der Waals surface area (Å²) in [5.74, 6) is 0.701. The lowest BCUT2D eigenvalue weighted by molar-refractivity contribution is 0.0933. The summed E-state index contributed by atoms with van der Waals surface area (Å²) in [5.41, 5.74) is 1.72. The quantitative estimate of drug-likeness (QED) is 0.704. The summed E-state index contributed by atoms with van der Waals surface area (Å²) in [7, 11) is 0. The summed E-state index contributed by atoms with van der Waals surface area (Å²) in [4.78, 5) is 15.1. The fourth-order valence-electron chi connectivity index (χ4n) is 3.75. The van der Waals surface area contributed by atoms with Crippen molar-refractivity contribution in [3.05, 3.63) is 64.7 Å². The van der Waals surface area contributed by atoms with Crippen LogP contribution in [-0.2, 0) is 0 Å². The van der Waals surface area contributed by atoms with Gasteiger partial charge < -0.3 is 10.1 Å². The molecule has 0 unspecified atom stereocenters. The summed E-state index contributed by atoms with van der Waals surface area (Å²) >= 11 is 6.51. The number of rotatable bonds is 7. The van der Waals surface area contributed by atoms with Gasteiger partial charge in [0.05, 0.1) is 12.6 Å². The van der Waals surface area contributed by atoms with Crippen molar-refractivity contribution in [2.24, 2.45) is 0 Å². The summed E-state index contributed by atoms with van der Waals surface area (Å²) in [6, 6.07) is 15.3. The molecule has 0 aliphatic carbocycles. The van der Waals surface area contributed by atoms with E-state index in [9.17, 15) is 4.79 Å². The third-order valence-electron chi connectivity index (χ3n) is 5.23. The Labute approximate surface area is 172 Å². The summed E-state index contributed by atoms with van der Waals surface area (Å²) in [6.07, 6.45) is 4.91. The maximum atomic E-state index is 12.7. The van der Waals surface area contributed by atoms with Crippen molar-refractivity contribution in [2.75, 3.05) is 26.2 Å². The second kappa shape index (κ2) is 10.5. The molecule has 1 aliphatic rings. The maximum Gasteiger partial charge on any atom is 0.251 e. The zero-order valence-electron chi connectivity index (χ0n) is 16.5. The Kier molecular flexibility index (Phi) is 7.75. The van der Waals surface area contributed by atoms with Crippen molar-refractivity contribution in [1.29, 1.82) is 0 Å². The van der Waals surface area contributed by atoms with E-state index in [-0.39, 0.29) is 11.9 Å². The molecule has 0 spiro atoms. The molecule has 28 heavy (non-hydrogen) atoms. The van der Waals surface area contributed by atoms with E-state index in [1.807, 2.05) is 37.3 Å². The maximum absolute atomic E-state index is 12.7. The topological polar surface area (TPSA) is 41.6 Å². The minimum atomic E-state index is -0.0741. The van der Waals surface area contributed by atoms with E-state index in [2.05, 4.69) is 16.3 Å². The highest BCUT2D eigenvalue weighted by molar-refractivity contribution is 6.31. The molecule has 1 atom stereocenters. The molecule has 1 fully saturated rings. The number of amides is 1. The molecular weight excluding hydrogens is 372 g/mol. The number of nitrogens with one attached hydrogen (secondary N) is 1. The Morgan fingerprint density at radius 3 is 2.39 bits per heavy atom. The minimum Gasteiger partial charge on any atom is -0.494 e. The molecule has 0 radical (unpaired) electrons. The van der Waals surface area contributed by atoms with Gasteiger partial charge in [0.2, 0.25) is 0 Å². The number of likely N-dealkylation sites (tertiary alicyclic amines) is 1. The van der Waals surface area contributed by atoms with Crippen molar-refractivity contribution < 1.29 is 9.53 Å². The van der Waals surface area contributed by atoms with Crippen LogP contribution < -0.4 is 10.1 Å². The van der Waals surface area contributed by atoms with Gasteiger partial charge in [-0.05, 0) is 68.8 Å². The summed E-state index contributed by atoms with van der Waals surface area (Å²) in [6.45, 7) is 5.17. The summed E-state index contributed by atoms with van der Waals surface area (Å²) in [5, 5.41) is 3.87. The number of carbonyl (C=O) groups is 1. The Hall–Kier alpha value is -2.04. The van der Waals surface area contributed by atoms with Crippen molar-refractivity contribution in [3.8, 4) is 5.75 Å². The SMILES string of the molecule is CCOc1ccc(C(=O)NC[C@H](c2ccccc2Cl)N2CCCCCC2)cc1. The largest absolute Gasteiger partial charge is 0.494 e. The fraction of sp³-hybridized carbons (Fsp3) is 0.435. The highest BCUT2D eigenvalue weighted by Gasteiger charge is 2.24. The predicted octanol–water partition coefficient (Wildman–Crippen LogP) is 5.09. The Morgan fingerprint density at radius 2 is 1.75 bits per heavy atom. The Bertz CT molecular complexity index is 755. The molecule has 2 aromatic rings. The standard InChI is InChI=1S/C23H29ClN2O2/c1-2-28-19-13-11-18(12-14-19)23(27)25-17-22(20-9-5-6-10-21(20)24)26-15-7-3-4-8-16-26/h5-6,9-14,22H,2-4,7-8,15-17H2,1H3,(H,25,27)/t22-/m1/s1. The zero-order valence-corrected chi connectivity index (χ0v) is 17.3. The lowest BCUT2D eigenvalue weighted by Crippen LogP contribution is -2.38. The average Bonchev–Trinajstić information content (AvgIpc) is 2.99. The van der Waals surface area contributed by atoms with Gasteiger partial charge >= 0.3 is 0 Å². The van der Waals surface area contributed by atoms with E-state index >= 15 is 0 Å². The molecule has 1 aliphatic heterocycles. The lowest BCUT2D eigenvalue weighted by atomic mass is 10.0. The molecule has 4 nitrogen and oxygen atoms in total. The molecule has 1 saturated heterocycles. The predicted molar refractivity (Wildman–Crippen MR) is 114 cm³/mol. The van der Waals surface area contributed by atoms with Gasteiger partial charge in [-0.25, -0.2) is 0 Å². The molecule has 1 N–H and O–H groups in total. The van der Waals surface area contributed by atoms with E-state index < -0.39 is 0 Å². The molecule has 0 saturated carbocycles. The van der Waals surface area contributed by atoms with E-state index in [1.165, 1.54) is 25.7 Å². The molecule has 2 aromatic carbocycles. The molecule has 0 bridgehead atoms. The highest BCUT2D eigenvalue weighted by atomic mass is 35.5. The van der Waals surface area contributed by atoms with Gasteiger partial charge in [-0.15, -0.1) is 0 Å². The van der Waals surface area contributed by atoms with Gasteiger partial charge in [0, 0.05) is 17.1 Å². The van der Waals surface area contributed by atoms with Crippen LogP contribution in [0.4, 0.5) is 0 Å². The van der Waals surface area contributed by atoms with Crippen LogP contribution in [0.5, 0.6) is 5.75 Å². The van der Waals surface area contributed by atoms with Crippen LogP contribution in [0, 0.1) is 0 Å². The monoisotopic (exact) mass is 400 g/mol. The van der Waals surface area contributed by atoms with Crippen LogP contribution in [0.2, 0.25) is 5.02 Å². The second-order valence-electron chi connectivity index (χ2n) is 7.15. The van der Waals surface area contributed by atoms with Crippen LogP contribution >= 0.6 is 11.6 Å². The molecule has 1 amide bonds. The highest BCUT2D eigenvalue weighted by Crippen LogP contribution is 2.29. The van der Waals surface area contributed by atoms with Crippen molar-refractivity contribution in [1.82, 2.24) is 10.2 Å². The summed E-state index contributed by atoms with van der Waals surface area (Å²) < 4.78 is 5.45. The third kappa shape index (κ3) is 5.49. The van der Waals surface area contributed by atoms with Crippen molar-refractivity contribution in [2.45, 2.75) is 38.6 Å². The van der Waals surface area contributed by atoms with Crippen LogP contribution in [0.1, 0.15) is 54.6 Å². The van der Waals surface area contributed by atoms with Gasteiger partial charge in [0.1, 0.15) is 5.75 Å². The number of hydrogen-bond donors (Lipinski definition) is 1. The van der Waals surface area contributed by atoms with Gasteiger partial charge in [-0.2, -0.15) is 0 Å². The van der Waals surface area contributed by atoms with Crippen LogP contribution in [0.3, 0.4) is 0 Å². The van der Waals surface area contributed by atoms with Crippen LogP contribution in [0.25, 0.3) is 0 Å². The van der Waals surface area contributed by atoms with Crippen molar-refractivity contribution in [3.63, 3.8) is 0 Å². The smallest absolute Gasteiger partial charge is 0.251 e. The lowest BCUT2D eigenvalue weighted by Gasteiger charge is -2.31. The number of carbonyl (C=O) groups excluding carboxylic acids is 1. The van der Waals surface area contributed by atoms with Gasteiger partial charge in [-0.3, -0.25) is 9.69 Å². The molecule has 3 rings (SSSR count). The first kappa shape index (κ1) is 20.7. The Balaban J connectivity index is 1.72. The number of ether oxygens (including phenoxy) is 1. The van der Waals surface area contributed by atoms with Gasteiger partial charge in [-0.1, -0.05) is 42.6 Å². The minimum absolute atomic E-state index is 0.0741. The number of benzene rings is 2. The molecular formula is C23H29ClN2O2. The first-order valence-corrected chi connectivity index (χ1v) is 10.6. The van der Waals surface area contributed by atoms with Gasteiger partial charge in [0.25, 0.3) is 5.91 Å². The first-order valence-electron chi connectivity index (χ1n) is 10.2. The van der Waals surface area contributed by atoms with E-state index in [0.29, 0.717) is 18.7 Å². The molecule has 0 aromatic heterocycles. The third-order valence-corrected chi connectivity index (χ3v) is 5.57. The zero-order chi connectivity index (χ0) is 19.8. The van der Waals surface area contributed by atoms with Crippen LogP contribution in [0.15, 0.2) is 48.5 Å².